The Labute approximate surface area is 123 Å². The van der Waals surface area contributed by atoms with Crippen LogP contribution in [0.2, 0.25) is 0 Å². The van der Waals surface area contributed by atoms with Gasteiger partial charge in [-0.15, -0.1) is 11.3 Å². The fraction of sp³-hybridized carbons (Fsp3) is 0.615. The fourth-order valence-electron chi connectivity index (χ4n) is 2.56. The van der Waals surface area contributed by atoms with Gasteiger partial charge in [-0.2, -0.15) is 4.31 Å². The minimum atomic E-state index is -3.62. The van der Waals surface area contributed by atoms with Crippen LogP contribution >= 0.6 is 11.3 Å². The van der Waals surface area contributed by atoms with E-state index in [4.69, 9.17) is 5.73 Å². The smallest absolute Gasteiger partial charge is 0.253 e. The minimum absolute atomic E-state index is 0.0975. The van der Waals surface area contributed by atoms with Crippen LogP contribution < -0.4 is 5.73 Å². The predicted molar refractivity (Wildman–Crippen MR) is 79.0 cm³/mol. The van der Waals surface area contributed by atoms with Crippen molar-refractivity contribution in [2.45, 2.75) is 49.3 Å². The summed E-state index contributed by atoms with van der Waals surface area (Å²) in [7, 11) is -3.62. The van der Waals surface area contributed by atoms with Crippen LogP contribution in [-0.4, -0.2) is 31.2 Å². The van der Waals surface area contributed by atoms with Gasteiger partial charge in [0.1, 0.15) is 4.21 Å². The summed E-state index contributed by atoms with van der Waals surface area (Å²) in [4.78, 5) is 12.2. The number of thiophene rings is 1. The highest BCUT2D eigenvalue weighted by Gasteiger charge is 2.35. The van der Waals surface area contributed by atoms with Crippen molar-refractivity contribution in [2.24, 2.45) is 5.73 Å². The topological polar surface area (TPSA) is 80.5 Å². The Balaban J connectivity index is 2.32. The van der Waals surface area contributed by atoms with Crippen molar-refractivity contribution >= 4 is 27.3 Å². The number of aryl methyl sites for hydroxylation is 1. The fourth-order valence-corrected chi connectivity index (χ4v) is 5.63. The van der Waals surface area contributed by atoms with Gasteiger partial charge in [-0.25, -0.2) is 8.42 Å². The molecule has 0 aromatic carbocycles. The summed E-state index contributed by atoms with van der Waals surface area (Å²) >= 11 is 1.27. The molecule has 7 heteroatoms. The maximum absolute atomic E-state index is 12.7. The molecule has 1 saturated carbocycles. The summed E-state index contributed by atoms with van der Waals surface area (Å²) < 4.78 is 27.0. The summed E-state index contributed by atoms with van der Waals surface area (Å²) in [6.07, 6.45) is 4.41. The predicted octanol–water partition coefficient (Wildman–Crippen LogP) is 1.73. The van der Waals surface area contributed by atoms with Gasteiger partial charge in [0.25, 0.3) is 10.0 Å². The average molecular weight is 316 g/mol. The largest absolute Gasteiger partial charge is 0.369 e. The normalized spacial score (nSPS) is 16.9. The molecule has 0 atom stereocenters. The number of carbonyl (C=O) groups is 1. The minimum Gasteiger partial charge on any atom is -0.369 e. The van der Waals surface area contributed by atoms with Crippen molar-refractivity contribution in [3.63, 3.8) is 0 Å². The summed E-state index contributed by atoms with van der Waals surface area (Å²) in [5, 5.41) is 0. The molecule has 2 N–H and O–H groups in total. The third kappa shape index (κ3) is 3.21. The van der Waals surface area contributed by atoms with Crippen LogP contribution in [0.25, 0.3) is 0 Å². The number of rotatable bonds is 6. The number of nitrogens with two attached hydrogens (primary N) is 1. The number of sulfonamides is 1. The van der Waals surface area contributed by atoms with Crippen LogP contribution in [0.4, 0.5) is 0 Å². The van der Waals surface area contributed by atoms with E-state index in [9.17, 15) is 13.2 Å². The zero-order valence-electron chi connectivity index (χ0n) is 11.5. The molecular formula is C13H20N2O3S2. The van der Waals surface area contributed by atoms with Crippen molar-refractivity contribution in [3.05, 3.63) is 17.0 Å². The van der Waals surface area contributed by atoms with Gasteiger partial charge in [-0.3, -0.25) is 4.79 Å². The lowest BCUT2D eigenvalue weighted by atomic mass is 10.2. The molecule has 5 nitrogen and oxygen atoms in total. The van der Waals surface area contributed by atoms with Gasteiger partial charge in [-0.05, 0) is 31.4 Å². The molecule has 0 spiro atoms. The van der Waals surface area contributed by atoms with E-state index in [1.165, 1.54) is 15.6 Å². The second kappa shape index (κ2) is 6.24. The molecule has 1 aliphatic rings. The molecule has 20 heavy (non-hydrogen) atoms. The summed E-state index contributed by atoms with van der Waals surface area (Å²) in [5.74, 6) is -0.604. The van der Waals surface area contributed by atoms with E-state index >= 15 is 0 Å². The number of hydrogen-bond acceptors (Lipinski definition) is 4. The van der Waals surface area contributed by atoms with Crippen molar-refractivity contribution in [1.29, 1.82) is 0 Å². The van der Waals surface area contributed by atoms with E-state index in [-0.39, 0.29) is 12.6 Å². The van der Waals surface area contributed by atoms with Gasteiger partial charge in [0.2, 0.25) is 5.91 Å². The second-order valence-corrected chi connectivity index (χ2v) is 8.31. The van der Waals surface area contributed by atoms with Crippen LogP contribution in [-0.2, 0) is 21.2 Å². The highest BCUT2D eigenvalue weighted by atomic mass is 32.2. The van der Waals surface area contributed by atoms with E-state index in [0.717, 1.165) is 37.0 Å². The lowest BCUT2D eigenvalue weighted by Crippen LogP contribution is -2.43. The second-order valence-electron chi connectivity index (χ2n) is 5.03. The quantitative estimate of drug-likeness (QED) is 0.868. The molecule has 1 amide bonds. The lowest BCUT2D eigenvalue weighted by molar-refractivity contribution is -0.118. The zero-order valence-corrected chi connectivity index (χ0v) is 13.2. The van der Waals surface area contributed by atoms with E-state index in [2.05, 4.69) is 0 Å². The van der Waals surface area contributed by atoms with Crippen molar-refractivity contribution < 1.29 is 13.2 Å². The maximum Gasteiger partial charge on any atom is 0.253 e. The van der Waals surface area contributed by atoms with Gasteiger partial charge in [0.15, 0.2) is 0 Å². The first kappa shape index (κ1) is 15.5. The van der Waals surface area contributed by atoms with Crippen LogP contribution in [0.1, 0.15) is 37.5 Å². The molecule has 112 valence electrons. The van der Waals surface area contributed by atoms with E-state index in [1.54, 1.807) is 6.07 Å². The summed E-state index contributed by atoms with van der Waals surface area (Å²) in [5.41, 5.74) is 5.23. The maximum atomic E-state index is 12.7. The SMILES string of the molecule is CCc1ccc(S(=O)(=O)N(CC(N)=O)C2CCCC2)s1. The Morgan fingerprint density at radius 2 is 2.05 bits per heavy atom. The van der Waals surface area contributed by atoms with Crippen LogP contribution in [0.5, 0.6) is 0 Å². The molecule has 1 heterocycles. The van der Waals surface area contributed by atoms with Gasteiger partial charge in [0.05, 0.1) is 6.54 Å². The van der Waals surface area contributed by atoms with Gasteiger partial charge < -0.3 is 5.73 Å². The number of carbonyl (C=O) groups excluding carboxylic acids is 1. The zero-order chi connectivity index (χ0) is 14.8. The number of primary amides is 1. The van der Waals surface area contributed by atoms with Gasteiger partial charge in [0, 0.05) is 10.9 Å². The number of hydrogen-bond donors (Lipinski definition) is 1. The van der Waals surface area contributed by atoms with Gasteiger partial charge in [-0.1, -0.05) is 19.8 Å². The average Bonchev–Trinajstić information content (AvgIpc) is 3.06. The first-order valence-electron chi connectivity index (χ1n) is 6.84. The molecule has 0 bridgehead atoms. The number of nitrogens with zero attached hydrogens (tertiary/aromatic N) is 1. The monoisotopic (exact) mass is 316 g/mol. The Morgan fingerprint density at radius 3 is 2.55 bits per heavy atom. The molecule has 2 rings (SSSR count). The molecule has 1 aromatic rings. The summed E-state index contributed by atoms with van der Waals surface area (Å²) in [6.45, 7) is 1.76. The van der Waals surface area contributed by atoms with E-state index < -0.39 is 15.9 Å². The standard InChI is InChI=1S/C13H20N2O3S2/c1-2-11-7-8-13(19-11)20(17,18)15(9-12(14)16)10-5-3-4-6-10/h7-8,10H,2-6,9H2,1H3,(H2,14,16). The molecule has 0 aliphatic heterocycles. The van der Waals surface area contributed by atoms with Crippen LogP contribution in [0, 0.1) is 0 Å². The van der Waals surface area contributed by atoms with Crippen molar-refractivity contribution in [2.75, 3.05) is 6.54 Å². The van der Waals surface area contributed by atoms with E-state index in [1.807, 2.05) is 13.0 Å². The van der Waals surface area contributed by atoms with Crippen molar-refractivity contribution in [3.8, 4) is 0 Å². The number of amides is 1. The highest BCUT2D eigenvalue weighted by molar-refractivity contribution is 7.91. The van der Waals surface area contributed by atoms with Gasteiger partial charge >= 0.3 is 0 Å². The Kier molecular flexibility index (Phi) is 4.82. The first-order valence-corrected chi connectivity index (χ1v) is 9.09. The van der Waals surface area contributed by atoms with Crippen molar-refractivity contribution in [1.82, 2.24) is 4.31 Å². The van der Waals surface area contributed by atoms with Crippen LogP contribution in [0.3, 0.4) is 0 Å². The third-order valence-electron chi connectivity index (χ3n) is 3.59. The summed E-state index contributed by atoms with van der Waals surface area (Å²) in [6, 6.07) is 3.36. The van der Waals surface area contributed by atoms with E-state index in [0.29, 0.717) is 4.21 Å². The molecule has 1 fully saturated rings. The Bertz CT molecular complexity index is 574. The molecule has 1 aliphatic carbocycles. The third-order valence-corrected chi connectivity index (χ3v) is 7.19. The molecule has 1 aromatic heterocycles. The molecule has 0 radical (unpaired) electrons. The Morgan fingerprint density at radius 1 is 1.40 bits per heavy atom. The first-order chi connectivity index (χ1) is 9.45. The lowest BCUT2D eigenvalue weighted by Gasteiger charge is -2.26. The molecular weight excluding hydrogens is 296 g/mol. The highest BCUT2D eigenvalue weighted by Crippen LogP contribution is 2.31. The molecule has 0 unspecified atom stereocenters. The molecule has 0 saturated heterocycles. The van der Waals surface area contributed by atoms with Crippen LogP contribution in [0.15, 0.2) is 16.3 Å². The Hall–Kier alpha value is -0.920.